The van der Waals surface area contributed by atoms with Gasteiger partial charge in [0.25, 0.3) is 0 Å². The van der Waals surface area contributed by atoms with Crippen molar-refractivity contribution < 1.29 is 30.2 Å². The molecule has 0 radical (unpaired) electrons. The first kappa shape index (κ1) is 9.00. The minimum Gasteiger partial charge on any atom is -0.174 e. The largest absolute Gasteiger partial charge is 0.379 e. The van der Waals surface area contributed by atoms with E-state index < -0.39 is 6.68 Å². The Kier molecular flexibility index (Phi) is 7.76. The quantitative estimate of drug-likeness (QED) is 0.427. The molecule has 0 atom stereocenters. The van der Waals surface area contributed by atoms with Crippen LogP contribution in [0.25, 0.3) is 0 Å². The van der Waals surface area contributed by atoms with Gasteiger partial charge < -0.3 is 0 Å². The van der Waals surface area contributed by atoms with Crippen LogP contribution in [0.5, 0.6) is 0 Å². The molecule has 0 spiro atoms. The van der Waals surface area contributed by atoms with E-state index in [1.165, 1.54) is 0 Å². The van der Waals surface area contributed by atoms with E-state index in [1.807, 2.05) is 0 Å². The van der Waals surface area contributed by atoms with Crippen molar-refractivity contribution in [3.63, 3.8) is 0 Å². The van der Waals surface area contributed by atoms with Crippen LogP contribution in [0, 0.1) is 0 Å². The molecule has 0 aromatic heterocycles. The van der Waals surface area contributed by atoms with Gasteiger partial charge in [0.05, 0.1) is 0 Å². The Hall–Kier alpha value is 0.309. The first-order valence-electron chi connectivity index (χ1n) is 0.655. The summed E-state index contributed by atoms with van der Waals surface area (Å²) in [4.78, 5) is 0. The number of halogens is 3. The molecule has 0 rings (SSSR count). The van der Waals surface area contributed by atoms with Gasteiger partial charge in [0.2, 0.25) is 0 Å². The summed E-state index contributed by atoms with van der Waals surface area (Å²) in [6, 6.07) is 0. The second kappa shape index (κ2) is 4.31. The minimum atomic E-state index is -3.67. The Morgan fingerprint density at radius 3 is 1.00 bits per heavy atom. The third kappa shape index (κ3) is 240. The summed E-state index contributed by atoms with van der Waals surface area (Å²) >= 11 is 0. The molecule has 5 heavy (non-hydrogen) atoms. The van der Waals surface area contributed by atoms with E-state index in [4.69, 9.17) is 0 Å². The van der Waals surface area contributed by atoms with E-state index in [9.17, 15) is 13.2 Å². The van der Waals surface area contributed by atoms with Crippen molar-refractivity contribution in [2.75, 3.05) is 0 Å². The van der Waals surface area contributed by atoms with Gasteiger partial charge in [-0.2, -0.15) is 13.2 Å². The molecule has 0 fully saturated rings. The Balaban J connectivity index is 0. The molecule has 0 aliphatic carbocycles. The molecule has 0 aromatic carbocycles. The molecule has 0 heterocycles. The molecule has 34 valence electrons. The van der Waals surface area contributed by atoms with Crippen molar-refractivity contribution in [1.29, 1.82) is 0 Å². The van der Waals surface area contributed by atoms with Crippen molar-refractivity contribution in [3.05, 3.63) is 0 Å². The fraction of sp³-hybridized carbons (Fsp3) is 1.00. The molecular formula is CHF3Fe. The molecule has 0 aromatic rings. The summed E-state index contributed by atoms with van der Waals surface area (Å²) in [5, 5.41) is 0. The normalized spacial score (nSPS) is 7.20. The van der Waals surface area contributed by atoms with Gasteiger partial charge >= 0.3 is 6.68 Å². The maximum absolute atomic E-state index is 9.67. The summed E-state index contributed by atoms with van der Waals surface area (Å²) in [7, 11) is 0. The third-order valence-electron chi connectivity index (χ3n) is 0. The van der Waals surface area contributed by atoms with E-state index in [2.05, 4.69) is 0 Å². The monoisotopic (exact) mass is 126 g/mol. The molecule has 0 unspecified atom stereocenters. The van der Waals surface area contributed by atoms with Crippen LogP contribution in [-0.2, 0) is 17.1 Å². The summed E-state index contributed by atoms with van der Waals surface area (Å²) in [6.07, 6.45) is 0. The summed E-state index contributed by atoms with van der Waals surface area (Å²) in [6.45, 7) is -3.67. The van der Waals surface area contributed by atoms with E-state index in [-0.39, 0.29) is 17.1 Å². The van der Waals surface area contributed by atoms with E-state index in [0.29, 0.717) is 0 Å². The third-order valence-corrected chi connectivity index (χ3v) is 0. The topological polar surface area (TPSA) is 0 Å². The zero-order chi connectivity index (χ0) is 3.58. The molecule has 4 heteroatoms. The molecular weight excluding hydrogens is 125 g/mol. The SMILES string of the molecule is FC(F)F.[Fe]. The van der Waals surface area contributed by atoms with Crippen molar-refractivity contribution >= 4 is 0 Å². The molecule has 0 aliphatic heterocycles. The van der Waals surface area contributed by atoms with Gasteiger partial charge in [-0.15, -0.1) is 0 Å². The Labute approximate surface area is 37.8 Å². The number of hydrogen-bond donors (Lipinski definition) is 0. The van der Waals surface area contributed by atoms with Crippen LogP contribution in [0.4, 0.5) is 13.2 Å². The maximum atomic E-state index is 9.67. The van der Waals surface area contributed by atoms with Gasteiger partial charge in [-0.05, 0) is 0 Å². The Morgan fingerprint density at radius 2 is 1.00 bits per heavy atom. The van der Waals surface area contributed by atoms with Crippen LogP contribution in [0.3, 0.4) is 0 Å². The standard InChI is InChI=1S/CHF3.Fe/c2-1(3)4;/h1H;. The van der Waals surface area contributed by atoms with Gasteiger partial charge in [0, 0.05) is 17.1 Å². The molecule has 0 saturated carbocycles. The van der Waals surface area contributed by atoms with Crippen LogP contribution >= 0.6 is 0 Å². The summed E-state index contributed by atoms with van der Waals surface area (Å²) in [5.41, 5.74) is 0. The van der Waals surface area contributed by atoms with Crippen molar-refractivity contribution in [2.45, 2.75) is 6.68 Å². The number of hydrogen-bond acceptors (Lipinski definition) is 0. The molecule has 0 N–H and O–H groups in total. The van der Waals surface area contributed by atoms with Crippen LogP contribution in [0.2, 0.25) is 0 Å². The van der Waals surface area contributed by atoms with Crippen LogP contribution < -0.4 is 0 Å². The van der Waals surface area contributed by atoms with Gasteiger partial charge in [-0.25, -0.2) is 0 Å². The maximum Gasteiger partial charge on any atom is 0.379 e. The molecule has 0 aliphatic rings. The smallest absolute Gasteiger partial charge is 0.174 e. The van der Waals surface area contributed by atoms with Gasteiger partial charge in [0.15, 0.2) is 0 Å². The van der Waals surface area contributed by atoms with E-state index in [0.717, 1.165) is 0 Å². The molecule has 0 bridgehead atoms. The van der Waals surface area contributed by atoms with Gasteiger partial charge in [-0.3, -0.25) is 0 Å². The molecule has 0 nitrogen and oxygen atoms in total. The van der Waals surface area contributed by atoms with Gasteiger partial charge in [-0.1, -0.05) is 0 Å². The molecule has 0 amide bonds. The van der Waals surface area contributed by atoms with Crippen molar-refractivity contribution in [2.24, 2.45) is 0 Å². The zero-order valence-electron chi connectivity index (χ0n) is 2.06. The number of rotatable bonds is 0. The summed E-state index contributed by atoms with van der Waals surface area (Å²) < 4.78 is 29.0. The molecule has 0 saturated heterocycles. The fourth-order valence-electron chi connectivity index (χ4n) is 0. The predicted octanol–water partition coefficient (Wildman–Crippen LogP) is 1.18. The minimum absolute atomic E-state index is 0. The van der Waals surface area contributed by atoms with Crippen molar-refractivity contribution in [3.8, 4) is 0 Å². The van der Waals surface area contributed by atoms with Gasteiger partial charge in [0.1, 0.15) is 0 Å². The predicted molar refractivity (Wildman–Crippen MR) is 7.11 cm³/mol. The second-order valence-electron chi connectivity index (χ2n) is 0.247. The Bertz CT molecular complexity index is 11.6. The first-order valence-corrected chi connectivity index (χ1v) is 0.655. The first-order chi connectivity index (χ1) is 1.73. The second-order valence-corrected chi connectivity index (χ2v) is 0.247. The number of alkyl halides is 3. The zero-order valence-corrected chi connectivity index (χ0v) is 3.17. The average Bonchev–Trinajstić information content (AvgIpc) is 0.811. The van der Waals surface area contributed by atoms with Crippen LogP contribution in [-0.4, -0.2) is 6.68 Å². The van der Waals surface area contributed by atoms with E-state index in [1.54, 1.807) is 0 Å². The van der Waals surface area contributed by atoms with E-state index >= 15 is 0 Å². The summed E-state index contributed by atoms with van der Waals surface area (Å²) in [5.74, 6) is 0. The van der Waals surface area contributed by atoms with Crippen molar-refractivity contribution in [1.82, 2.24) is 0 Å². The Morgan fingerprint density at radius 1 is 1.00 bits per heavy atom. The van der Waals surface area contributed by atoms with Crippen LogP contribution in [0.1, 0.15) is 0 Å². The van der Waals surface area contributed by atoms with Crippen LogP contribution in [0.15, 0.2) is 0 Å². The average molecular weight is 126 g/mol. The fourth-order valence-corrected chi connectivity index (χ4v) is 0.